The predicted octanol–water partition coefficient (Wildman–Crippen LogP) is 2.24. The minimum absolute atomic E-state index is 0.296. The molecule has 108 valence electrons. The summed E-state index contributed by atoms with van der Waals surface area (Å²) in [5.74, 6) is 0.937. The molecule has 0 radical (unpaired) electrons. The first-order chi connectivity index (χ1) is 8.60. The van der Waals surface area contributed by atoms with Crippen LogP contribution in [0.5, 0.6) is 0 Å². The lowest BCUT2D eigenvalue weighted by atomic mass is 9.84. The number of alkyl halides is 1. The lowest BCUT2D eigenvalue weighted by Gasteiger charge is -2.27. The Balaban J connectivity index is 2.30. The number of hydrogen-bond donors (Lipinski definition) is 0. The molecule has 0 heterocycles. The number of nitrogens with zero attached hydrogens (tertiary/aromatic N) is 1. The first-order valence-electron chi connectivity index (χ1n) is 6.71. The second-order valence-electron chi connectivity index (χ2n) is 4.69. The molecular weight excluding hydrogens is 318 g/mol. The molecule has 1 aliphatic carbocycles. The Bertz CT molecular complexity index is 317. The van der Waals surface area contributed by atoms with Crippen molar-refractivity contribution >= 4 is 26.0 Å². The fraction of sp³-hybridized carbons (Fsp3) is 1.00. The van der Waals surface area contributed by atoms with Gasteiger partial charge in [0.2, 0.25) is 10.0 Å². The van der Waals surface area contributed by atoms with Gasteiger partial charge in [-0.05, 0) is 12.3 Å². The van der Waals surface area contributed by atoms with E-state index >= 15 is 0 Å². The maximum absolute atomic E-state index is 12.1. The highest BCUT2D eigenvalue weighted by molar-refractivity contribution is 9.09. The van der Waals surface area contributed by atoms with E-state index < -0.39 is 10.0 Å². The molecule has 0 amide bonds. The van der Waals surface area contributed by atoms with Crippen LogP contribution in [-0.2, 0) is 14.8 Å². The molecule has 18 heavy (non-hydrogen) atoms. The molecule has 0 aromatic heterocycles. The van der Waals surface area contributed by atoms with Crippen LogP contribution in [0.15, 0.2) is 0 Å². The van der Waals surface area contributed by atoms with Crippen molar-refractivity contribution in [3.05, 3.63) is 0 Å². The van der Waals surface area contributed by atoms with E-state index in [1.807, 2.05) is 6.92 Å². The monoisotopic (exact) mass is 341 g/mol. The molecule has 1 saturated carbocycles. The van der Waals surface area contributed by atoms with Crippen LogP contribution < -0.4 is 0 Å². The molecule has 4 nitrogen and oxygen atoms in total. The summed E-state index contributed by atoms with van der Waals surface area (Å²) in [5, 5.41) is 0.785. The number of halogens is 1. The third kappa shape index (κ3) is 5.55. The summed E-state index contributed by atoms with van der Waals surface area (Å²) in [5.41, 5.74) is 0. The molecule has 0 aromatic carbocycles. The standard InChI is InChI=1S/C12H24BrNO3S/c1-2-14(8-10-17-9-7-13)18(15,16)11-6-12-4-3-5-12/h12H,2-11H2,1H3. The van der Waals surface area contributed by atoms with E-state index in [0.29, 0.717) is 38.0 Å². The molecule has 0 aromatic rings. The molecule has 1 aliphatic rings. The van der Waals surface area contributed by atoms with E-state index in [1.54, 1.807) is 4.31 Å². The lowest BCUT2D eigenvalue weighted by molar-refractivity contribution is 0.138. The summed E-state index contributed by atoms with van der Waals surface area (Å²) in [6.07, 6.45) is 4.50. The van der Waals surface area contributed by atoms with Gasteiger partial charge < -0.3 is 4.74 Å². The summed E-state index contributed by atoms with van der Waals surface area (Å²) in [6.45, 7) is 3.98. The van der Waals surface area contributed by atoms with Crippen molar-refractivity contribution in [1.29, 1.82) is 0 Å². The summed E-state index contributed by atoms with van der Waals surface area (Å²) in [4.78, 5) is 0. The number of rotatable bonds is 10. The zero-order chi connectivity index (χ0) is 13.4. The molecule has 0 saturated heterocycles. The van der Waals surface area contributed by atoms with Crippen molar-refractivity contribution in [1.82, 2.24) is 4.31 Å². The third-order valence-corrected chi connectivity index (χ3v) is 5.76. The van der Waals surface area contributed by atoms with Gasteiger partial charge in [-0.15, -0.1) is 0 Å². The van der Waals surface area contributed by atoms with E-state index in [9.17, 15) is 8.42 Å². The summed E-state index contributed by atoms with van der Waals surface area (Å²) >= 11 is 3.27. The summed E-state index contributed by atoms with van der Waals surface area (Å²) in [7, 11) is -3.09. The minimum atomic E-state index is -3.09. The first-order valence-corrected chi connectivity index (χ1v) is 9.44. The van der Waals surface area contributed by atoms with Crippen molar-refractivity contribution in [2.45, 2.75) is 32.6 Å². The topological polar surface area (TPSA) is 46.6 Å². The van der Waals surface area contributed by atoms with Crippen molar-refractivity contribution in [3.8, 4) is 0 Å². The largest absolute Gasteiger partial charge is 0.379 e. The van der Waals surface area contributed by atoms with Crippen molar-refractivity contribution < 1.29 is 13.2 Å². The van der Waals surface area contributed by atoms with Crippen molar-refractivity contribution in [2.24, 2.45) is 5.92 Å². The third-order valence-electron chi connectivity index (χ3n) is 3.46. The van der Waals surface area contributed by atoms with Crippen LogP contribution in [0, 0.1) is 5.92 Å². The van der Waals surface area contributed by atoms with Gasteiger partial charge in [0.15, 0.2) is 0 Å². The fourth-order valence-electron chi connectivity index (χ4n) is 2.04. The maximum Gasteiger partial charge on any atom is 0.214 e. The Labute approximate surface area is 119 Å². The Morgan fingerprint density at radius 2 is 2.06 bits per heavy atom. The van der Waals surface area contributed by atoms with Gasteiger partial charge in [-0.1, -0.05) is 42.1 Å². The van der Waals surface area contributed by atoms with Gasteiger partial charge in [-0.2, -0.15) is 4.31 Å². The molecule has 0 aliphatic heterocycles. The first kappa shape index (κ1) is 16.4. The fourth-order valence-corrected chi connectivity index (χ4v) is 3.91. The van der Waals surface area contributed by atoms with Gasteiger partial charge in [0.1, 0.15) is 0 Å². The molecule has 0 N–H and O–H groups in total. The van der Waals surface area contributed by atoms with E-state index in [0.717, 1.165) is 11.8 Å². The number of sulfonamides is 1. The molecule has 1 rings (SSSR count). The smallest absolute Gasteiger partial charge is 0.214 e. The molecule has 6 heteroatoms. The Kier molecular flexibility index (Phi) is 7.75. The second kappa shape index (κ2) is 8.51. The van der Waals surface area contributed by atoms with Crippen LogP contribution in [-0.4, -0.2) is 50.1 Å². The van der Waals surface area contributed by atoms with Gasteiger partial charge in [0.25, 0.3) is 0 Å². The van der Waals surface area contributed by atoms with Crippen LogP contribution in [0.2, 0.25) is 0 Å². The molecular formula is C12H24BrNO3S. The van der Waals surface area contributed by atoms with E-state index in [4.69, 9.17) is 4.74 Å². The predicted molar refractivity (Wildman–Crippen MR) is 77.6 cm³/mol. The lowest BCUT2D eigenvalue weighted by Crippen LogP contribution is -2.36. The van der Waals surface area contributed by atoms with Gasteiger partial charge >= 0.3 is 0 Å². The minimum Gasteiger partial charge on any atom is -0.379 e. The zero-order valence-electron chi connectivity index (χ0n) is 11.1. The van der Waals surface area contributed by atoms with Crippen LogP contribution >= 0.6 is 15.9 Å². The molecule has 0 spiro atoms. The maximum atomic E-state index is 12.1. The van der Waals surface area contributed by atoms with E-state index in [-0.39, 0.29) is 0 Å². The van der Waals surface area contributed by atoms with Gasteiger partial charge in [-0.25, -0.2) is 8.42 Å². The average Bonchev–Trinajstić information content (AvgIpc) is 2.26. The van der Waals surface area contributed by atoms with Crippen molar-refractivity contribution in [2.75, 3.05) is 37.4 Å². The molecule has 0 bridgehead atoms. The van der Waals surface area contributed by atoms with E-state index in [2.05, 4.69) is 15.9 Å². The normalized spacial score (nSPS) is 17.1. The zero-order valence-corrected chi connectivity index (χ0v) is 13.5. The number of hydrogen-bond acceptors (Lipinski definition) is 3. The Morgan fingerprint density at radius 1 is 1.33 bits per heavy atom. The average molecular weight is 342 g/mol. The molecule has 0 atom stereocenters. The van der Waals surface area contributed by atoms with Crippen molar-refractivity contribution in [3.63, 3.8) is 0 Å². The van der Waals surface area contributed by atoms with Crippen LogP contribution in [0.3, 0.4) is 0 Å². The van der Waals surface area contributed by atoms with Crippen LogP contribution in [0.1, 0.15) is 32.6 Å². The van der Waals surface area contributed by atoms with Crippen LogP contribution in [0.25, 0.3) is 0 Å². The quantitative estimate of drug-likeness (QED) is 0.452. The molecule has 1 fully saturated rings. The SMILES string of the molecule is CCN(CCOCCBr)S(=O)(=O)CCC1CCC1. The highest BCUT2D eigenvalue weighted by Crippen LogP contribution is 2.29. The Hall–Kier alpha value is 0.350. The highest BCUT2D eigenvalue weighted by Gasteiger charge is 2.24. The van der Waals surface area contributed by atoms with E-state index in [1.165, 1.54) is 19.3 Å². The van der Waals surface area contributed by atoms with Gasteiger partial charge in [-0.3, -0.25) is 0 Å². The van der Waals surface area contributed by atoms with Crippen LogP contribution in [0.4, 0.5) is 0 Å². The second-order valence-corrected chi connectivity index (χ2v) is 7.58. The molecule has 0 unspecified atom stereocenters. The number of ether oxygens (including phenoxy) is 1. The van der Waals surface area contributed by atoms with Gasteiger partial charge in [0.05, 0.1) is 19.0 Å². The summed E-state index contributed by atoms with van der Waals surface area (Å²) in [6, 6.07) is 0. The van der Waals surface area contributed by atoms with Gasteiger partial charge in [0, 0.05) is 18.4 Å². The summed E-state index contributed by atoms with van der Waals surface area (Å²) < 4.78 is 31.1. The Morgan fingerprint density at radius 3 is 2.56 bits per heavy atom. The number of likely N-dealkylation sites (N-methyl/N-ethyl adjacent to an activating group) is 1. The highest BCUT2D eigenvalue weighted by atomic mass is 79.9.